The summed E-state index contributed by atoms with van der Waals surface area (Å²) in [5, 5.41) is 0. The molecule has 2 saturated carbocycles. The van der Waals surface area contributed by atoms with E-state index < -0.39 is 12.5 Å². The number of hydrogen-bond donors (Lipinski definition) is 0. The van der Waals surface area contributed by atoms with Crippen molar-refractivity contribution >= 4 is 28.4 Å². The van der Waals surface area contributed by atoms with Gasteiger partial charge in [-0.2, -0.15) is 0 Å². The van der Waals surface area contributed by atoms with Gasteiger partial charge in [-0.15, -0.1) is 13.2 Å². The van der Waals surface area contributed by atoms with E-state index in [1.54, 1.807) is 6.07 Å². The van der Waals surface area contributed by atoms with Crippen LogP contribution in [-0.2, 0) is 22.3 Å². The lowest BCUT2D eigenvalue weighted by Gasteiger charge is -2.35. The Morgan fingerprint density at radius 2 is 1.36 bits per heavy atom. The van der Waals surface area contributed by atoms with Crippen LogP contribution in [0.25, 0.3) is 0 Å². The SMILES string of the molecule is CCc1cc(C2CC(OC(=S)SC)C2)ncc1F.CCc1cc(C2CC(OC(F)(F)F)C2)ncc1F. The number of nitrogens with zero attached hydrogens (tertiary/aromatic N) is 2. The third-order valence-corrected chi connectivity index (χ3v) is 7.46. The van der Waals surface area contributed by atoms with Gasteiger partial charge in [-0.25, -0.2) is 8.78 Å². The molecule has 0 unspecified atom stereocenters. The number of ether oxygens (including phenoxy) is 2. The van der Waals surface area contributed by atoms with E-state index >= 15 is 0 Å². The molecule has 0 bridgehead atoms. The van der Waals surface area contributed by atoms with Crippen LogP contribution in [0.5, 0.6) is 0 Å². The van der Waals surface area contributed by atoms with Crippen molar-refractivity contribution in [3.05, 3.63) is 58.7 Å². The molecule has 0 aliphatic heterocycles. The minimum absolute atomic E-state index is 0.0664. The van der Waals surface area contributed by atoms with Crippen molar-refractivity contribution in [2.24, 2.45) is 0 Å². The molecule has 4 nitrogen and oxygen atoms in total. The van der Waals surface area contributed by atoms with Gasteiger partial charge in [0.05, 0.1) is 18.5 Å². The molecule has 0 N–H and O–H groups in total. The Hall–Kier alpha value is -1.85. The zero-order valence-corrected chi connectivity index (χ0v) is 21.9. The second-order valence-corrected chi connectivity index (χ2v) is 10.2. The van der Waals surface area contributed by atoms with Crippen LogP contribution in [0.3, 0.4) is 0 Å². The van der Waals surface area contributed by atoms with E-state index in [2.05, 4.69) is 14.7 Å². The number of halogens is 5. The Labute approximate surface area is 217 Å². The average Bonchev–Trinajstić information content (AvgIpc) is 2.79. The molecule has 0 radical (unpaired) electrons. The first-order chi connectivity index (χ1) is 17.0. The van der Waals surface area contributed by atoms with Crippen LogP contribution < -0.4 is 0 Å². The van der Waals surface area contributed by atoms with E-state index in [4.69, 9.17) is 17.0 Å². The van der Waals surface area contributed by atoms with Gasteiger partial charge in [-0.1, -0.05) is 25.6 Å². The lowest BCUT2D eigenvalue weighted by Crippen LogP contribution is -2.35. The summed E-state index contributed by atoms with van der Waals surface area (Å²) in [6.07, 6.45) is 2.82. The summed E-state index contributed by atoms with van der Waals surface area (Å²) in [5.74, 6) is -0.269. The fourth-order valence-electron chi connectivity index (χ4n) is 4.17. The highest BCUT2D eigenvalue weighted by molar-refractivity contribution is 8.22. The highest BCUT2D eigenvalue weighted by Crippen LogP contribution is 2.41. The van der Waals surface area contributed by atoms with Crippen molar-refractivity contribution < 1.29 is 31.4 Å². The van der Waals surface area contributed by atoms with Crippen LogP contribution in [0.15, 0.2) is 24.5 Å². The molecule has 2 aromatic rings. The van der Waals surface area contributed by atoms with Gasteiger partial charge < -0.3 is 4.74 Å². The van der Waals surface area contributed by atoms with Crippen molar-refractivity contribution in [3.63, 3.8) is 0 Å². The van der Waals surface area contributed by atoms with Gasteiger partial charge in [0.2, 0.25) is 4.38 Å². The number of aromatic nitrogens is 2. The number of thioether (sulfide) groups is 1. The molecular weight excluding hydrogens is 519 g/mol. The van der Waals surface area contributed by atoms with Crippen LogP contribution in [0.1, 0.15) is 73.9 Å². The van der Waals surface area contributed by atoms with Gasteiger partial charge in [0, 0.05) is 23.2 Å². The molecule has 11 heteroatoms. The first-order valence-electron chi connectivity index (χ1n) is 11.8. The van der Waals surface area contributed by atoms with E-state index in [1.807, 2.05) is 26.2 Å². The summed E-state index contributed by atoms with van der Waals surface area (Å²) >= 11 is 6.47. The quantitative estimate of drug-likeness (QED) is 0.280. The standard InChI is InChI=1S/C13H16FNOS2.C12H13F4NO/c1-3-8-6-12(15-7-11(8)14)9-4-10(5-9)16-13(17)18-2;1-2-7-5-11(17-6-10(7)13)8-3-9(4-8)18-12(14,15)16/h6-7,9-10H,3-5H2,1-2H3;5-6,8-9H,2-4H2,1H3. The third kappa shape index (κ3) is 7.82. The highest BCUT2D eigenvalue weighted by atomic mass is 32.2. The molecule has 2 fully saturated rings. The summed E-state index contributed by atoms with van der Waals surface area (Å²) < 4.78 is 72.4. The van der Waals surface area contributed by atoms with Gasteiger partial charge >= 0.3 is 6.36 Å². The first kappa shape index (κ1) is 28.7. The molecule has 0 amide bonds. The zero-order chi connectivity index (χ0) is 26.5. The smallest absolute Gasteiger partial charge is 0.475 e. The number of hydrogen-bond acceptors (Lipinski definition) is 6. The van der Waals surface area contributed by atoms with Crippen molar-refractivity contribution in [2.45, 2.75) is 82.8 Å². The number of thiocarbonyl (C=S) groups is 1. The number of aryl methyl sites for hydroxylation is 2. The lowest BCUT2D eigenvalue weighted by molar-refractivity contribution is -0.351. The van der Waals surface area contributed by atoms with E-state index in [9.17, 15) is 22.0 Å². The summed E-state index contributed by atoms with van der Waals surface area (Å²) in [6, 6.07) is 3.51. The Morgan fingerprint density at radius 1 is 0.917 bits per heavy atom. The molecule has 2 aliphatic rings. The van der Waals surface area contributed by atoms with Gasteiger partial charge in [-0.3, -0.25) is 14.7 Å². The van der Waals surface area contributed by atoms with Crippen molar-refractivity contribution in [3.8, 4) is 0 Å². The Morgan fingerprint density at radius 3 is 1.75 bits per heavy atom. The maximum absolute atomic E-state index is 13.3. The predicted octanol–water partition coefficient (Wildman–Crippen LogP) is 7.26. The van der Waals surface area contributed by atoms with Crippen LogP contribution in [0.4, 0.5) is 22.0 Å². The predicted molar refractivity (Wildman–Crippen MR) is 133 cm³/mol. The molecule has 0 aromatic carbocycles. The third-order valence-electron chi connectivity index (χ3n) is 6.43. The van der Waals surface area contributed by atoms with E-state index in [-0.39, 0.29) is 36.5 Å². The van der Waals surface area contributed by atoms with E-state index in [1.165, 1.54) is 18.0 Å². The van der Waals surface area contributed by atoms with Crippen LogP contribution >= 0.6 is 24.0 Å². The second-order valence-electron chi connectivity index (χ2n) is 8.82. The number of rotatable bonds is 6. The van der Waals surface area contributed by atoms with Crippen LogP contribution in [-0.4, -0.2) is 39.2 Å². The first-order valence-corrected chi connectivity index (χ1v) is 13.4. The van der Waals surface area contributed by atoms with Gasteiger partial charge in [-0.05, 0) is 80.3 Å². The van der Waals surface area contributed by atoms with Crippen LogP contribution in [0.2, 0.25) is 0 Å². The maximum atomic E-state index is 13.3. The molecule has 2 aliphatic carbocycles. The summed E-state index contributed by atoms with van der Waals surface area (Å²) in [4.78, 5) is 8.10. The molecule has 0 spiro atoms. The number of pyridine rings is 2. The van der Waals surface area contributed by atoms with E-state index in [0.29, 0.717) is 34.4 Å². The zero-order valence-electron chi connectivity index (χ0n) is 20.3. The Kier molecular flexibility index (Phi) is 10.1. The minimum atomic E-state index is -4.58. The largest absolute Gasteiger partial charge is 0.522 e. The molecule has 198 valence electrons. The van der Waals surface area contributed by atoms with Gasteiger partial charge in [0.15, 0.2) is 0 Å². The summed E-state index contributed by atoms with van der Waals surface area (Å²) in [5.41, 5.74) is 2.91. The monoisotopic (exact) mass is 548 g/mol. The molecule has 0 saturated heterocycles. The normalized spacial score (nSPS) is 23.1. The second kappa shape index (κ2) is 12.6. The molecule has 36 heavy (non-hydrogen) atoms. The van der Waals surface area contributed by atoms with Crippen molar-refractivity contribution in [1.29, 1.82) is 0 Å². The van der Waals surface area contributed by atoms with Gasteiger partial charge in [0.1, 0.15) is 17.7 Å². The van der Waals surface area contributed by atoms with Crippen molar-refractivity contribution in [1.82, 2.24) is 9.97 Å². The average molecular weight is 549 g/mol. The van der Waals surface area contributed by atoms with Crippen LogP contribution in [0, 0.1) is 11.6 Å². The minimum Gasteiger partial charge on any atom is -0.475 e. The fourth-order valence-corrected chi connectivity index (χ4v) is 4.53. The Balaban J connectivity index is 0.000000201. The molecule has 0 atom stereocenters. The fraction of sp³-hybridized carbons (Fsp3) is 0.560. The topological polar surface area (TPSA) is 44.2 Å². The molecule has 4 rings (SSSR count). The van der Waals surface area contributed by atoms with Gasteiger partial charge in [0.25, 0.3) is 0 Å². The molecule has 2 heterocycles. The molecule has 2 aromatic heterocycles. The molecular formula is C25H29F5N2O2S2. The summed E-state index contributed by atoms with van der Waals surface area (Å²) in [6.45, 7) is 3.77. The van der Waals surface area contributed by atoms with E-state index in [0.717, 1.165) is 30.3 Å². The van der Waals surface area contributed by atoms with Crippen molar-refractivity contribution in [2.75, 3.05) is 6.26 Å². The summed E-state index contributed by atoms with van der Waals surface area (Å²) in [7, 11) is 0. The number of alkyl halides is 3. The Bertz CT molecular complexity index is 1040. The highest BCUT2D eigenvalue weighted by Gasteiger charge is 2.41. The maximum Gasteiger partial charge on any atom is 0.522 e. The lowest BCUT2D eigenvalue weighted by atomic mass is 9.79.